The number of carbonyl (C=O) groups is 3. The number of nitrogens with one attached hydrogen (secondary N) is 2. The summed E-state index contributed by atoms with van der Waals surface area (Å²) < 4.78 is 5.48. The van der Waals surface area contributed by atoms with Gasteiger partial charge in [0.15, 0.2) is 0 Å². The summed E-state index contributed by atoms with van der Waals surface area (Å²) in [7, 11) is 0. The van der Waals surface area contributed by atoms with E-state index in [1.165, 1.54) is 0 Å². The lowest BCUT2D eigenvalue weighted by atomic mass is 9.90. The molecule has 1 aromatic carbocycles. The van der Waals surface area contributed by atoms with Crippen LogP contribution in [0.15, 0.2) is 24.3 Å². The predicted octanol–water partition coefficient (Wildman–Crippen LogP) is 6.16. The minimum Gasteiger partial charge on any atom is -0.444 e. The third-order valence-corrected chi connectivity index (χ3v) is 6.16. The Morgan fingerprint density at radius 1 is 0.919 bits per heavy atom. The fourth-order valence-electron chi connectivity index (χ4n) is 4.05. The summed E-state index contributed by atoms with van der Waals surface area (Å²) >= 11 is 0. The lowest BCUT2D eigenvalue weighted by molar-refractivity contribution is -0.150. The van der Waals surface area contributed by atoms with E-state index in [1.54, 1.807) is 25.7 Å². The summed E-state index contributed by atoms with van der Waals surface area (Å²) in [5.41, 5.74) is 0.0137. The van der Waals surface area contributed by atoms with Crippen LogP contribution in [0.5, 0.6) is 0 Å². The Hall–Kier alpha value is -2.57. The van der Waals surface area contributed by atoms with Crippen LogP contribution in [0.1, 0.15) is 113 Å². The highest BCUT2D eigenvalue weighted by molar-refractivity contribution is 5.93. The number of aryl methyl sites for hydroxylation is 1. The number of carbonyl (C=O) groups excluding carboxylic acids is 3. The highest BCUT2D eigenvalue weighted by Gasteiger charge is 2.43. The summed E-state index contributed by atoms with van der Waals surface area (Å²) in [6.07, 6.45) is 1.25. The quantitative estimate of drug-likeness (QED) is 0.389. The maximum Gasteiger partial charge on any atom is 0.408 e. The second kappa shape index (κ2) is 12.8. The summed E-state index contributed by atoms with van der Waals surface area (Å²) in [5.74, 6) is -0.437. The first-order valence-corrected chi connectivity index (χ1v) is 13.5. The van der Waals surface area contributed by atoms with Gasteiger partial charge in [0.05, 0.1) is 0 Å². The SMILES string of the molecule is CCc1ccc(C(C(=O)NC(C)(C)C)N(C(=O)C(CC(C)C)NC(=O)OC(C)(C)C)C(C)(C)CC)cc1. The molecule has 1 rings (SSSR count). The van der Waals surface area contributed by atoms with Gasteiger partial charge in [-0.05, 0) is 91.7 Å². The van der Waals surface area contributed by atoms with Gasteiger partial charge in [0.2, 0.25) is 11.8 Å². The minimum atomic E-state index is -0.873. The van der Waals surface area contributed by atoms with Gasteiger partial charge >= 0.3 is 6.09 Å². The molecule has 3 amide bonds. The van der Waals surface area contributed by atoms with Gasteiger partial charge in [-0.25, -0.2) is 4.79 Å². The molecule has 0 saturated heterocycles. The normalized spacial score (nSPS) is 14.1. The Kier molecular flexibility index (Phi) is 11.2. The molecule has 0 radical (unpaired) electrons. The van der Waals surface area contributed by atoms with Gasteiger partial charge < -0.3 is 20.3 Å². The standard InChI is InChI=1S/C30H51N3O4/c1-13-21-15-17-22(18-16-21)24(25(34)32-28(5,6)7)33(30(11,12)14-2)26(35)23(19-20(3)4)31-27(36)37-29(8,9)10/h15-18,20,23-24H,13-14,19H2,1-12H3,(H,31,36)(H,32,34). The molecular formula is C30H51N3O4. The molecule has 37 heavy (non-hydrogen) atoms. The second-order valence-electron chi connectivity index (χ2n) is 12.9. The predicted molar refractivity (Wildman–Crippen MR) is 150 cm³/mol. The van der Waals surface area contributed by atoms with Crippen LogP contribution < -0.4 is 10.6 Å². The van der Waals surface area contributed by atoms with Crippen molar-refractivity contribution < 1.29 is 19.1 Å². The maximum atomic E-state index is 14.4. The molecule has 7 heteroatoms. The number of rotatable bonds is 10. The molecule has 0 aliphatic heterocycles. The zero-order chi connectivity index (χ0) is 28.8. The van der Waals surface area contributed by atoms with Crippen molar-refractivity contribution in [2.24, 2.45) is 5.92 Å². The van der Waals surface area contributed by atoms with Crippen LogP contribution in [0.25, 0.3) is 0 Å². The van der Waals surface area contributed by atoms with Crippen molar-refractivity contribution >= 4 is 17.9 Å². The Balaban J connectivity index is 3.68. The van der Waals surface area contributed by atoms with Crippen molar-refractivity contribution in [2.45, 2.75) is 131 Å². The zero-order valence-electron chi connectivity index (χ0n) is 25.2. The fraction of sp³-hybridized carbons (Fsp3) is 0.700. The summed E-state index contributed by atoms with van der Waals surface area (Å²) in [6.45, 7) is 23.1. The number of nitrogens with zero attached hydrogens (tertiary/aromatic N) is 1. The average Bonchev–Trinajstić information content (AvgIpc) is 2.73. The van der Waals surface area contributed by atoms with Crippen molar-refractivity contribution in [3.63, 3.8) is 0 Å². The zero-order valence-corrected chi connectivity index (χ0v) is 25.2. The molecule has 1 aromatic rings. The third-order valence-electron chi connectivity index (χ3n) is 6.16. The number of benzene rings is 1. The van der Waals surface area contributed by atoms with E-state index in [1.807, 2.05) is 79.7 Å². The average molecular weight is 518 g/mol. The summed E-state index contributed by atoms with van der Waals surface area (Å²) in [6, 6.07) is 6.13. The third kappa shape index (κ3) is 10.4. The maximum absolute atomic E-state index is 14.4. The molecule has 2 atom stereocenters. The number of hydrogen-bond acceptors (Lipinski definition) is 4. The minimum absolute atomic E-state index is 0.126. The largest absolute Gasteiger partial charge is 0.444 e. The van der Waals surface area contributed by atoms with Crippen LogP contribution in [0.3, 0.4) is 0 Å². The van der Waals surface area contributed by atoms with E-state index < -0.39 is 34.9 Å². The number of amides is 3. The topological polar surface area (TPSA) is 87.7 Å². The van der Waals surface area contributed by atoms with Crippen LogP contribution in [0, 0.1) is 5.92 Å². The molecule has 7 nitrogen and oxygen atoms in total. The first-order chi connectivity index (χ1) is 16.8. The van der Waals surface area contributed by atoms with Gasteiger partial charge in [-0.1, -0.05) is 52.0 Å². The van der Waals surface area contributed by atoms with E-state index in [2.05, 4.69) is 17.6 Å². The van der Waals surface area contributed by atoms with Crippen molar-refractivity contribution in [2.75, 3.05) is 0 Å². The molecule has 0 aliphatic rings. The highest BCUT2D eigenvalue weighted by atomic mass is 16.6. The Morgan fingerprint density at radius 3 is 1.86 bits per heavy atom. The van der Waals surface area contributed by atoms with Gasteiger partial charge in [0, 0.05) is 11.1 Å². The number of hydrogen-bond donors (Lipinski definition) is 2. The van der Waals surface area contributed by atoms with Gasteiger partial charge in [0.1, 0.15) is 17.7 Å². The van der Waals surface area contributed by atoms with Gasteiger partial charge in [-0.15, -0.1) is 0 Å². The van der Waals surface area contributed by atoms with E-state index in [0.717, 1.165) is 17.5 Å². The van der Waals surface area contributed by atoms with Crippen LogP contribution in [0.4, 0.5) is 4.79 Å². The van der Waals surface area contributed by atoms with E-state index in [0.29, 0.717) is 12.8 Å². The van der Waals surface area contributed by atoms with Crippen molar-refractivity contribution in [3.05, 3.63) is 35.4 Å². The van der Waals surface area contributed by atoms with Gasteiger partial charge in [-0.3, -0.25) is 9.59 Å². The smallest absolute Gasteiger partial charge is 0.408 e. The highest BCUT2D eigenvalue weighted by Crippen LogP contribution is 2.33. The summed E-state index contributed by atoms with van der Waals surface area (Å²) in [4.78, 5) is 42.6. The first kappa shape index (κ1) is 32.5. The number of ether oxygens (including phenoxy) is 1. The first-order valence-electron chi connectivity index (χ1n) is 13.5. The van der Waals surface area contributed by atoms with Crippen molar-refractivity contribution in [1.29, 1.82) is 0 Å². The van der Waals surface area contributed by atoms with Crippen LogP contribution in [-0.2, 0) is 20.7 Å². The Labute approximate surface area is 225 Å². The lowest BCUT2D eigenvalue weighted by Gasteiger charge is -2.45. The molecule has 0 bridgehead atoms. The van der Waals surface area contributed by atoms with Gasteiger partial charge in [-0.2, -0.15) is 0 Å². The van der Waals surface area contributed by atoms with Crippen LogP contribution >= 0.6 is 0 Å². The lowest BCUT2D eigenvalue weighted by Crippen LogP contribution is -2.60. The Morgan fingerprint density at radius 2 is 1.46 bits per heavy atom. The molecule has 0 aliphatic carbocycles. The van der Waals surface area contributed by atoms with E-state index in [-0.39, 0.29) is 17.7 Å². The van der Waals surface area contributed by atoms with E-state index in [9.17, 15) is 14.4 Å². The van der Waals surface area contributed by atoms with Gasteiger partial charge in [0.25, 0.3) is 0 Å². The molecule has 0 aromatic heterocycles. The molecule has 2 N–H and O–H groups in total. The van der Waals surface area contributed by atoms with Crippen LogP contribution in [0.2, 0.25) is 0 Å². The summed E-state index contributed by atoms with van der Waals surface area (Å²) in [5, 5.41) is 5.89. The fourth-order valence-corrected chi connectivity index (χ4v) is 4.05. The monoisotopic (exact) mass is 517 g/mol. The Bertz CT molecular complexity index is 908. The molecule has 0 heterocycles. The molecule has 2 unspecified atom stereocenters. The van der Waals surface area contributed by atoms with Crippen molar-refractivity contribution in [1.82, 2.24) is 15.5 Å². The molecule has 0 saturated carbocycles. The van der Waals surface area contributed by atoms with E-state index >= 15 is 0 Å². The molecule has 0 fully saturated rings. The van der Waals surface area contributed by atoms with Crippen molar-refractivity contribution in [3.8, 4) is 0 Å². The molecule has 210 valence electrons. The number of alkyl carbamates (subject to hydrolysis) is 1. The van der Waals surface area contributed by atoms with E-state index in [4.69, 9.17) is 4.74 Å². The van der Waals surface area contributed by atoms with Crippen LogP contribution in [-0.4, -0.2) is 45.5 Å². The second-order valence-corrected chi connectivity index (χ2v) is 12.9. The molecule has 0 spiro atoms. The molecular weight excluding hydrogens is 466 g/mol.